The number of aromatic nitrogens is 4. The Morgan fingerprint density at radius 2 is 2.05 bits per heavy atom. The molecule has 0 saturated carbocycles. The van der Waals surface area contributed by atoms with Crippen molar-refractivity contribution in [3.05, 3.63) is 41.0 Å². The first-order valence-corrected chi connectivity index (χ1v) is 7.42. The molecule has 0 fully saturated rings. The molecule has 6 heteroatoms. The van der Waals surface area contributed by atoms with Gasteiger partial charge >= 0.3 is 0 Å². The van der Waals surface area contributed by atoms with Gasteiger partial charge in [0.05, 0.1) is 5.69 Å². The summed E-state index contributed by atoms with van der Waals surface area (Å²) in [7, 11) is 0. The van der Waals surface area contributed by atoms with Crippen molar-refractivity contribution in [2.24, 2.45) is 0 Å². The minimum absolute atomic E-state index is 0.520. The van der Waals surface area contributed by atoms with Crippen LogP contribution in [0.1, 0.15) is 28.7 Å². The van der Waals surface area contributed by atoms with E-state index in [2.05, 4.69) is 15.0 Å². The van der Waals surface area contributed by atoms with Crippen molar-refractivity contribution in [1.29, 1.82) is 0 Å². The predicted octanol–water partition coefficient (Wildman–Crippen LogP) is 3.17. The number of aryl methyl sites for hydroxylation is 4. The monoisotopic (exact) mass is 304 g/mol. The van der Waals surface area contributed by atoms with Gasteiger partial charge < -0.3 is 8.98 Å². The van der Waals surface area contributed by atoms with Crippen molar-refractivity contribution in [1.82, 2.24) is 19.5 Å². The summed E-state index contributed by atoms with van der Waals surface area (Å²) >= 11 is 5.89. The number of halogens is 1. The smallest absolute Gasteiger partial charge is 0.214 e. The minimum atomic E-state index is 0.520. The van der Waals surface area contributed by atoms with Crippen LogP contribution in [-0.2, 0) is 13.0 Å². The third-order valence-electron chi connectivity index (χ3n) is 3.48. The quantitative estimate of drug-likeness (QED) is 0.695. The van der Waals surface area contributed by atoms with Crippen LogP contribution < -0.4 is 0 Å². The molecule has 21 heavy (non-hydrogen) atoms. The first kappa shape index (κ1) is 14.1. The zero-order chi connectivity index (χ0) is 15.0. The molecule has 0 aliphatic carbocycles. The van der Waals surface area contributed by atoms with Crippen LogP contribution in [0.2, 0.25) is 0 Å². The Kier molecular flexibility index (Phi) is 3.68. The van der Waals surface area contributed by atoms with Crippen molar-refractivity contribution >= 4 is 22.8 Å². The first-order valence-electron chi connectivity index (χ1n) is 6.89. The summed E-state index contributed by atoms with van der Waals surface area (Å²) in [5.41, 5.74) is 3.73. The Labute approximate surface area is 128 Å². The molecule has 3 rings (SSSR count). The average molecular weight is 305 g/mol. The van der Waals surface area contributed by atoms with Gasteiger partial charge in [0.2, 0.25) is 5.89 Å². The Morgan fingerprint density at radius 1 is 1.24 bits per heavy atom. The molecular formula is C15H17ClN4O. The summed E-state index contributed by atoms with van der Waals surface area (Å²) in [5.74, 6) is 2.94. The number of hydrogen-bond acceptors (Lipinski definition) is 4. The molecule has 0 N–H and O–H groups in total. The standard InChI is InChI=1S/C15H17ClN4O/c1-9-6-12-15(17-7-9)20(13(19-12)4-5-16)8-14-18-10(2)11(3)21-14/h6-7H,4-5,8H2,1-3H3. The summed E-state index contributed by atoms with van der Waals surface area (Å²) in [6, 6.07) is 2.03. The summed E-state index contributed by atoms with van der Waals surface area (Å²) in [6.07, 6.45) is 2.53. The Morgan fingerprint density at radius 3 is 2.71 bits per heavy atom. The normalized spacial score (nSPS) is 11.4. The van der Waals surface area contributed by atoms with Gasteiger partial charge in [0.15, 0.2) is 5.65 Å². The molecule has 0 amide bonds. The molecule has 5 nitrogen and oxygen atoms in total. The van der Waals surface area contributed by atoms with Crippen LogP contribution >= 0.6 is 11.6 Å². The van der Waals surface area contributed by atoms with Crippen molar-refractivity contribution in [3.63, 3.8) is 0 Å². The average Bonchev–Trinajstić information content (AvgIpc) is 2.92. The highest BCUT2D eigenvalue weighted by molar-refractivity contribution is 6.17. The number of hydrogen-bond donors (Lipinski definition) is 0. The van der Waals surface area contributed by atoms with Crippen LogP contribution in [0.25, 0.3) is 11.2 Å². The number of alkyl halides is 1. The Hall–Kier alpha value is -1.88. The Bertz CT molecular complexity index is 771. The first-order chi connectivity index (χ1) is 10.1. The molecule has 0 radical (unpaired) electrons. The van der Waals surface area contributed by atoms with E-state index in [0.29, 0.717) is 24.7 Å². The van der Waals surface area contributed by atoms with Gasteiger partial charge in [-0.2, -0.15) is 0 Å². The maximum Gasteiger partial charge on any atom is 0.214 e. The van der Waals surface area contributed by atoms with Gasteiger partial charge in [0.25, 0.3) is 0 Å². The van der Waals surface area contributed by atoms with E-state index in [-0.39, 0.29) is 0 Å². The highest BCUT2D eigenvalue weighted by Crippen LogP contribution is 2.19. The molecule has 3 heterocycles. The molecule has 0 atom stereocenters. The molecule has 0 aromatic carbocycles. The van der Waals surface area contributed by atoms with E-state index in [1.165, 1.54) is 0 Å². The van der Waals surface area contributed by atoms with Gasteiger partial charge in [-0.15, -0.1) is 11.6 Å². The largest absolute Gasteiger partial charge is 0.444 e. The second-order valence-electron chi connectivity index (χ2n) is 5.16. The summed E-state index contributed by atoms with van der Waals surface area (Å²) in [4.78, 5) is 13.6. The van der Waals surface area contributed by atoms with Gasteiger partial charge in [0, 0.05) is 18.5 Å². The molecule has 3 aromatic rings. The number of nitrogens with zero attached hydrogens (tertiary/aromatic N) is 4. The number of oxazole rings is 1. The topological polar surface area (TPSA) is 56.7 Å². The van der Waals surface area contributed by atoms with Crippen molar-refractivity contribution < 1.29 is 4.42 Å². The number of pyridine rings is 1. The molecule has 0 unspecified atom stereocenters. The van der Waals surface area contributed by atoms with Crippen molar-refractivity contribution in [2.45, 2.75) is 33.7 Å². The molecule has 0 saturated heterocycles. The summed E-state index contributed by atoms with van der Waals surface area (Å²) < 4.78 is 7.70. The molecule has 0 bridgehead atoms. The van der Waals surface area contributed by atoms with Gasteiger partial charge in [-0.05, 0) is 32.4 Å². The van der Waals surface area contributed by atoms with Gasteiger partial charge in [0.1, 0.15) is 23.6 Å². The van der Waals surface area contributed by atoms with Gasteiger partial charge in [-0.25, -0.2) is 15.0 Å². The summed E-state index contributed by atoms with van der Waals surface area (Å²) in [6.45, 7) is 6.38. The van der Waals surface area contributed by atoms with Crippen LogP contribution in [0, 0.1) is 20.8 Å². The maximum atomic E-state index is 5.89. The van der Waals surface area contributed by atoms with E-state index in [0.717, 1.165) is 34.0 Å². The highest BCUT2D eigenvalue weighted by atomic mass is 35.5. The third kappa shape index (κ3) is 2.65. The van der Waals surface area contributed by atoms with Crippen LogP contribution in [0.15, 0.2) is 16.7 Å². The lowest BCUT2D eigenvalue weighted by molar-refractivity contribution is 0.455. The second kappa shape index (κ2) is 5.48. The number of imidazole rings is 1. The van der Waals surface area contributed by atoms with Crippen molar-refractivity contribution in [3.8, 4) is 0 Å². The fourth-order valence-corrected chi connectivity index (χ4v) is 2.51. The fraction of sp³-hybridized carbons (Fsp3) is 0.400. The van der Waals surface area contributed by atoms with Crippen LogP contribution in [0.3, 0.4) is 0 Å². The lowest BCUT2D eigenvalue weighted by atomic mass is 10.3. The molecule has 0 aliphatic rings. The number of rotatable bonds is 4. The van der Waals surface area contributed by atoms with Crippen LogP contribution in [0.4, 0.5) is 0 Å². The fourth-order valence-electron chi connectivity index (χ4n) is 2.34. The SMILES string of the molecule is Cc1cnc2c(c1)nc(CCCl)n2Cc1nc(C)c(C)o1. The van der Waals surface area contributed by atoms with Crippen LogP contribution in [-0.4, -0.2) is 25.4 Å². The van der Waals surface area contributed by atoms with Gasteiger partial charge in [-0.3, -0.25) is 0 Å². The van der Waals surface area contributed by atoms with E-state index in [1.807, 2.05) is 37.6 Å². The van der Waals surface area contributed by atoms with E-state index >= 15 is 0 Å². The molecule has 110 valence electrons. The van der Waals surface area contributed by atoms with Crippen molar-refractivity contribution in [2.75, 3.05) is 5.88 Å². The molecule has 0 spiro atoms. The third-order valence-corrected chi connectivity index (χ3v) is 3.67. The molecule has 0 aliphatic heterocycles. The minimum Gasteiger partial charge on any atom is -0.444 e. The molecular weight excluding hydrogens is 288 g/mol. The lowest BCUT2D eigenvalue weighted by Gasteiger charge is -2.05. The van der Waals surface area contributed by atoms with E-state index in [4.69, 9.17) is 16.0 Å². The predicted molar refractivity (Wildman–Crippen MR) is 81.8 cm³/mol. The van der Waals surface area contributed by atoms with E-state index in [1.54, 1.807) is 0 Å². The van der Waals surface area contributed by atoms with E-state index in [9.17, 15) is 0 Å². The second-order valence-corrected chi connectivity index (χ2v) is 5.54. The van der Waals surface area contributed by atoms with Gasteiger partial charge in [-0.1, -0.05) is 0 Å². The Balaban J connectivity index is 2.08. The van der Waals surface area contributed by atoms with E-state index < -0.39 is 0 Å². The summed E-state index contributed by atoms with van der Waals surface area (Å²) in [5, 5.41) is 0. The zero-order valence-corrected chi connectivity index (χ0v) is 13.1. The highest BCUT2D eigenvalue weighted by Gasteiger charge is 2.15. The zero-order valence-electron chi connectivity index (χ0n) is 12.4. The van der Waals surface area contributed by atoms with Crippen LogP contribution in [0.5, 0.6) is 0 Å². The lowest BCUT2D eigenvalue weighted by Crippen LogP contribution is -2.07. The molecule has 3 aromatic heterocycles. The maximum absolute atomic E-state index is 5.89. The number of fused-ring (bicyclic) bond motifs is 1.